The van der Waals surface area contributed by atoms with E-state index in [1.807, 2.05) is 24.3 Å². The number of anilines is 1. The Bertz CT molecular complexity index is 935. The van der Waals surface area contributed by atoms with E-state index in [2.05, 4.69) is 5.32 Å². The lowest BCUT2D eigenvalue weighted by atomic mass is 10.2. The molecule has 0 aromatic heterocycles. The molecule has 0 spiro atoms. The Morgan fingerprint density at radius 1 is 1.14 bits per heavy atom. The summed E-state index contributed by atoms with van der Waals surface area (Å²) in [6.07, 6.45) is 1.81. The maximum atomic E-state index is 12.2. The molecule has 0 bridgehead atoms. The highest BCUT2D eigenvalue weighted by Gasteiger charge is 2.20. The molecule has 0 aliphatic rings. The fraction of sp³-hybridized carbons (Fsp3) is 0.350. The topological polar surface area (TPSA) is 66.5 Å². The average molecular weight is 475 g/mol. The van der Waals surface area contributed by atoms with Gasteiger partial charge in [0.1, 0.15) is 0 Å². The van der Waals surface area contributed by atoms with Gasteiger partial charge in [0, 0.05) is 40.2 Å². The standard InChI is InChI=1S/C20H24Cl2N2O3S2/c1-15-18(22)5-3-6-19(15)24(29(2,26)27)13-4-7-20(25)23-12-14-28-17-10-8-16(21)9-11-17/h3,5-6,8-11H,4,7,12-14H2,1-2H3,(H,23,25). The molecule has 29 heavy (non-hydrogen) atoms. The van der Waals surface area contributed by atoms with E-state index in [1.54, 1.807) is 36.9 Å². The number of sulfonamides is 1. The Kier molecular flexibility index (Phi) is 9.14. The fourth-order valence-electron chi connectivity index (χ4n) is 2.69. The molecule has 0 saturated carbocycles. The number of amides is 1. The number of carbonyl (C=O) groups is 1. The summed E-state index contributed by atoms with van der Waals surface area (Å²) in [4.78, 5) is 13.1. The first kappa shape index (κ1) is 23.9. The van der Waals surface area contributed by atoms with E-state index >= 15 is 0 Å². The summed E-state index contributed by atoms with van der Waals surface area (Å²) >= 11 is 13.6. The number of hydrogen-bond acceptors (Lipinski definition) is 4. The van der Waals surface area contributed by atoms with Gasteiger partial charge < -0.3 is 5.32 Å². The molecule has 1 N–H and O–H groups in total. The molecule has 0 aliphatic carbocycles. The minimum atomic E-state index is -3.48. The van der Waals surface area contributed by atoms with Crippen molar-refractivity contribution < 1.29 is 13.2 Å². The van der Waals surface area contributed by atoms with Crippen LogP contribution in [0, 0.1) is 6.92 Å². The third kappa shape index (κ3) is 7.74. The summed E-state index contributed by atoms with van der Waals surface area (Å²) in [6.45, 7) is 2.53. The van der Waals surface area contributed by atoms with E-state index in [0.717, 1.165) is 16.9 Å². The van der Waals surface area contributed by atoms with Gasteiger partial charge in [0.25, 0.3) is 0 Å². The predicted octanol–water partition coefficient (Wildman–Crippen LogP) is 4.76. The van der Waals surface area contributed by atoms with Gasteiger partial charge in [-0.05, 0) is 55.3 Å². The molecule has 2 aromatic carbocycles. The highest BCUT2D eigenvalue weighted by molar-refractivity contribution is 7.99. The van der Waals surface area contributed by atoms with Gasteiger partial charge in [-0.2, -0.15) is 0 Å². The SMILES string of the molecule is Cc1c(Cl)cccc1N(CCCC(=O)NCCSc1ccc(Cl)cc1)S(C)(=O)=O. The van der Waals surface area contributed by atoms with Crippen molar-refractivity contribution in [1.29, 1.82) is 0 Å². The van der Waals surface area contributed by atoms with Crippen molar-refractivity contribution in [2.45, 2.75) is 24.7 Å². The van der Waals surface area contributed by atoms with Crippen LogP contribution in [0.25, 0.3) is 0 Å². The van der Waals surface area contributed by atoms with E-state index in [0.29, 0.717) is 34.3 Å². The third-order valence-corrected chi connectivity index (χ3v) is 7.03. The zero-order valence-corrected chi connectivity index (χ0v) is 19.5. The van der Waals surface area contributed by atoms with Gasteiger partial charge in [0.05, 0.1) is 11.9 Å². The Morgan fingerprint density at radius 2 is 1.83 bits per heavy atom. The molecule has 1 amide bonds. The minimum absolute atomic E-state index is 0.0991. The van der Waals surface area contributed by atoms with Crippen molar-refractivity contribution in [3.8, 4) is 0 Å². The normalized spacial score (nSPS) is 11.3. The average Bonchev–Trinajstić information content (AvgIpc) is 2.65. The quantitative estimate of drug-likeness (QED) is 0.398. The number of nitrogens with zero attached hydrogens (tertiary/aromatic N) is 1. The van der Waals surface area contributed by atoms with Crippen molar-refractivity contribution in [1.82, 2.24) is 5.32 Å². The minimum Gasteiger partial charge on any atom is -0.355 e. The van der Waals surface area contributed by atoms with Crippen LogP contribution < -0.4 is 9.62 Å². The largest absolute Gasteiger partial charge is 0.355 e. The molecule has 9 heteroatoms. The molecule has 0 saturated heterocycles. The van der Waals surface area contributed by atoms with Crippen LogP contribution in [0.1, 0.15) is 18.4 Å². The molecule has 0 atom stereocenters. The molecule has 0 fully saturated rings. The fourth-order valence-corrected chi connectivity index (χ4v) is 4.77. The van der Waals surface area contributed by atoms with Gasteiger partial charge in [-0.3, -0.25) is 9.10 Å². The number of benzene rings is 2. The highest BCUT2D eigenvalue weighted by atomic mass is 35.5. The summed E-state index contributed by atoms with van der Waals surface area (Å²) < 4.78 is 25.7. The number of thioether (sulfide) groups is 1. The molecule has 2 aromatic rings. The van der Waals surface area contributed by atoms with Crippen LogP contribution in [-0.4, -0.2) is 39.4 Å². The summed E-state index contributed by atoms with van der Waals surface area (Å²) in [5.41, 5.74) is 1.24. The monoisotopic (exact) mass is 474 g/mol. The number of halogens is 2. The first-order valence-electron chi connectivity index (χ1n) is 9.06. The van der Waals surface area contributed by atoms with Gasteiger partial charge >= 0.3 is 0 Å². The Labute approximate surface area is 186 Å². The number of nitrogens with one attached hydrogen (secondary N) is 1. The Hall–Kier alpha value is -1.41. The van der Waals surface area contributed by atoms with Crippen LogP contribution in [0.5, 0.6) is 0 Å². The molecule has 5 nitrogen and oxygen atoms in total. The lowest BCUT2D eigenvalue weighted by Crippen LogP contribution is -2.33. The number of carbonyl (C=O) groups excluding carboxylic acids is 1. The Balaban J connectivity index is 1.79. The first-order valence-corrected chi connectivity index (χ1v) is 12.7. The number of rotatable bonds is 10. The van der Waals surface area contributed by atoms with E-state index in [-0.39, 0.29) is 18.9 Å². The lowest BCUT2D eigenvalue weighted by Gasteiger charge is -2.24. The highest BCUT2D eigenvalue weighted by Crippen LogP contribution is 2.28. The van der Waals surface area contributed by atoms with Crippen molar-refractivity contribution in [2.24, 2.45) is 0 Å². The van der Waals surface area contributed by atoms with Crippen LogP contribution >= 0.6 is 35.0 Å². The van der Waals surface area contributed by atoms with Crippen LogP contribution in [-0.2, 0) is 14.8 Å². The molecule has 158 valence electrons. The number of hydrogen-bond donors (Lipinski definition) is 1. The summed E-state index contributed by atoms with van der Waals surface area (Å²) in [6, 6.07) is 12.7. The van der Waals surface area contributed by atoms with Gasteiger partial charge in [-0.15, -0.1) is 11.8 Å². The van der Waals surface area contributed by atoms with Crippen molar-refractivity contribution in [2.75, 3.05) is 29.4 Å². The molecular weight excluding hydrogens is 451 g/mol. The van der Waals surface area contributed by atoms with Crippen molar-refractivity contribution in [3.05, 3.63) is 58.1 Å². The predicted molar refractivity (Wildman–Crippen MR) is 123 cm³/mol. The first-order chi connectivity index (χ1) is 13.7. The summed E-state index contributed by atoms with van der Waals surface area (Å²) in [5, 5.41) is 4.06. The van der Waals surface area contributed by atoms with Crippen molar-refractivity contribution >= 4 is 56.6 Å². The van der Waals surface area contributed by atoms with Crippen LogP contribution in [0.3, 0.4) is 0 Å². The van der Waals surface area contributed by atoms with Gasteiger partial charge in [0.2, 0.25) is 15.9 Å². The van der Waals surface area contributed by atoms with Crippen LogP contribution in [0.15, 0.2) is 47.4 Å². The molecule has 0 unspecified atom stereocenters. The van der Waals surface area contributed by atoms with E-state index in [1.165, 1.54) is 4.31 Å². The van der Waals surface area contributed by atoms with E-state index in [4.69, 9.17) is 23.2 Å². The van der Waals surface area contributed by atoms with Gasteiger partial charge in [-0.25, -0.2) is 8.42 Å². The zero-order chi connectivity index (χ0) is 21.4. The van der Waals surface area contributed by atoms with Gasteiger partial charge in [-0.1, -0.05) is 29.3 Å². The maximum Gasteiger partial charge on any atom is 0.232 e. The molecule has 0 aliphatic heterocycles. The second kappa shape index (κ2) is 11.1. The third-order valence-electron chi connectivity index (χ3n) is 4.18. The second-order valence-corrected chi connectivity index (χ2v) is 10.4. The molecular formula is C20H24Cl2N2O3S2. The van der Waals surface area contributed by atoms with E-state index < -0.39 is 10.0 Å². The van der Waals surface area contributed by atoms with Crippen LogP contribution in [0.2, 0.25) is 10.0 Å². The second-order valence-electron chi connectivity index (χ2n) is 6.47. The smallest absolute Gasteiger partial charge is 0.232 e. The lowest BCUT2D eigenvalue weighted by molar-refractivity contribution is -0.121. The molecule has 0 heterocycles. The Morgan fingerprint density at radius 3 is 2.48 bits per heavy atom. The van der Waals surface area contributed by atoms with Gasteiger partial charge in [0.15, 0.2) is 0 Å². The van der Waals surface area contributed by atoms with Crippen LogP contribution in [0.4, 0.5) is 5.69 Å². The summed E-state index contributed by atoms with van der Waals surface area (Å²) in [5.74, 6) is 0.642. The van der Waals surface area contributed by atoms with Crippen molar-refractivity contribution in [3.63, 3.8) is 0 Å². The maximum absolute atomic E-state index is 12.2. The molecule has 0 radical (unpaired) electrons. The molecule has 2 rings (SSSR count). The van der Waals surface area contributed by atoms with E-state index in [9.17, 15) is 13.2 Å². The summed E-state index contributed by atoms with van der Waals surface area (Å²) in [7, 11) is -3.48. The zero-order valence-electron chi connectivity index (χ0n) is 16.3.